The van der Waals surface area contributed by atoms with Crippen molar-refractivity contribution in [3.05, 3.63) is 52.9 Å². The van der Waals surface area contributed by atoms with E-state index in [0.717, 1.165) is 17.7 Å². The van der Waals surface area contributed by atoms with E-state index in [1.165, 1.54) is 0 Å². The summed E-state index contributed by atoms with van der Waals surface area (Å²) in [5, 5.41) is 15.5. The van der Waals surface area contributed by atoms with E-state index in [2.05, 4.69) is 10.4 Å². The fourth-order valence-corrected chi connectivity index (χ4v) is 3.96. The lowest BCUT2D eigenvalue weighted by Gasteiger charge is -2.38. The van der Waals surface area contributed by atoms with Crippen molar-refractivity contribution < 1.29 is 18.4 Å². The zero-order valence-electron chi connectivity index (χ0n) is 17.2. The third-order valence-corrected chi connectivity index (χ3v) is 5.14. The molecule has 30 heavy (non-hydrogen) atoms. The molecule has 0 radical (unpaired) electrons. The van der Waals surface area contributed by atoms with Gasteiger partial charge in [0.2, 0.25) is 5.91 Å². The van der Waals surface area contributed by atoms with Crippen LogP contribution < -0.4 is 5.32 Å². The number of likely N-dealkylation sites (tertiary alicyclic amines) is 1. The second-order valence-corrected chi connectivity index (χ2v) is 8.43. The van der Waals surface area contributed by atoms with E-state index in [9.17, 15) is 18.4 Å². The minimum absolute atomic E-state index is 0.0512. The molecule has 1 fully saturated rings. The molecular weight excluding hydrogens is 392 g/mol. The molecule has 9 heteroatoms. The van der Waals surface area contributed by atoms with Crippen LogP contribution >= 0.6 is 0 Å². The predicted molar refractivity (Wildman–Crippen MR) is 104 cm³/mol. The van der Waals surface area contributed by atoms with Crippen LogP contribution in [0.3, 0.4) is 0 Å². The number of nitrogens with zero attached hydrogens (tertiary/aromatic N) is 4. The Morgan fingerprint density at radius 3 is 2.47 bits per heavy atom. The van der Waals surface area contributed by atoms with E-state index >= 15 is 0 Å². The van der Waals surface area contributed by atoms with Crippen molar-refractivity contribution in [3.8, 4) is 6.07 Å². The number of carbonyl (C=O) groups excluding carboxylic acids is 2. The average molecular weight is 415 g/mol. The summed E-state index contributed by atoms with van der Waals surface area (Å²) >= 11 is 0. The topological polar surface area (TPSA) is 91.0 Å². The highest BCUT2D eigenvalue weighted by atomic mass is 19.1. The third kappa shape index (κ3) is 4.03. The van der Waals surface area contributed by atoms with Gasteiger partial charge in [-0.3, -0.25) is 14.3 Å². The van der Waals surface area contributed by atoms with Crippen LogP contribution in [-0.4, -0.2) is 38.6 Å². The van der Waals surface area contributed by atoms with E-state index in [0.29, 0.717) is 0 Å². The Hall–Kier alpha value is -3.28. The summed E-state index contributed by atoms with van der Waals surface area (Å²) in [4.78, 5) is 27.0. The normalized spacial score (nSPS) is 19.1. The smallest absolute Gasteiger partial charge is 0.257 e. The molecule has 1 aromatic heterocycles. The van der Waals surface area contributed by atoms with Gasteiger partial charge in [0, 0.05) is 43.2 Å². The highest BCUT2D eigenvalue weighted by molar-refractivity contribution is 5.95. The van der Waals surface area contributed by atoms with Crippen molar-refractivity contribution in [2.75, 3.05) is 6.54 Å². The number of nitrogens with one attached hydrogen (secondary N) is 1. The molecule has 7 nitrogen and oxygen atoms in total. The predicted octanol–water partition coefficient (Wildman–Crippen LogP) is 2.69. The van der Waals surface area contributed by atoms with E-state index in [-0.39, 0.29) is 36.4 Å². The largest absolute Gasteiger partial charge is 0.351 e. The molecular formula is C21H23F2N5O2. The van der Waals surface area contributed by atoms with E-state index in [1.807, 2.05) is 27.0 Å². The summed E-state index contributed by atoms with van der Waals surface area (Å²) in [6.45, 7) is 5.83. The summed E-state index contributed by atoms with van der Waals surface area (Å²) in [6, 6.07) is 2.94. The van der Waals surface area contributed by atoms with Crippen LogP contribution in [0.1, 0.15) is 54.7 Å². The summed E-state index contributed by atoms with van der Waals surface area (Å²) in [7, 11) is 1.77. The Morgan fingerprint density at radius 2 is 1.97 bits per heavy atom. The highest BCUT2D eigenvalue weighted by Crippen LogP contribution is 2.42. The first kappa shape index (κ1) is 21.4. The van der Waals surface area contributed by atoms with Crippen molar-refractivity contribution in [2.24, 2.45) is 13.0 Å². The SMILES string of the molecule is Cn1cc([C@H]2[C@H](CNC(=O)c3c(F)cc(C#N)cc3F)CC(=O)N2C(C)(C)C)cn1. The van der Waals surface area contributed by atoms with Crippen LogP contribution in [0.5, 0.6) is 0 Å². The van der Waals surface area contributed by atoms with Gasteiger partial charge in [-0.05, 0) is 32.9 Å². The number of benzene rings is 1. The molecule has 1 saturated heterocycles. The molecule has 0 aliphatic carbocycles. The standard InChI is InChI=1S/C21H23F2N5O2/c1-21(2,3)28-17(29)7-13(19(28)14-10-26-27(4)11-14)9-25-20(30)18-15(22)5-12(8-24)6-16(18)23/h5-6,10-11,13,19H,7,9H2,1-4H3,(H,25,30)/t13-,19+/m0/s1. The summed E-state index contributed by atoms with van der Waals surface area (Å²) in [5.74, 6) is -3.50. The lowest BCUT2D eigenvalue weighted by molar-refractivity contribution is -0.133. The van der Waals surface area contributed by atoms with Crippen LogP contribution in [0, 0.1) is 28.9 Å². The summed E-state index contributed by atoms with van der Waals surface area (Å²) < 4.78 is 29.9. The van der Waals surface area contributed by atoms with E-state index in [1.54, 1.807) is 28.9 Å². The Morgan fingerprint density at radius 1 is 1.33 bits per heavy atom. The van der Waals surface area contributed by atoms with Crippen LogP contribution in [0.4, 0.5) is 8.78 Å². The first-order valence-corrected chi connectivity index (χ1v) is 9.51. The molecule has 0 spiro atoms. The summed E-state index contributed by atoms with van der Waals surface area (Å²) in [5.41, 5.74) is -0.584. The second-order valence-electron chi connectivity index (χ2n) is 8.43. The fraction of sp³-hybridized carbons (Fsp3) is 0.429. The molecule has 1 N–H and O–H groups in total. The van der Waals surface area contributed by atoms with Gasteiger partial charge in [0.25, 0.3) is 5.91 Å². The fourth-order valence-electron chi connectivity index (χ4n) is 3.96. The average Bonchev–Trinajstić information content (AvgIpc) is 3.21. The van der Waals surface area contributed by atoms with E-state index < -0.39 is 28.6 Å². The van der Waals surface area contributed by atoms with Crippen molar-refractivity contribution in [1.29, 1.82) is 5.26 Å². The number of hydrogen-bond acceptors (Lipinski definition) is 4. The van der Waals surface area contributed by atoms with Gasteiger partial charge in [-0.25, -0.2) is 8.78 Å². The molecule has 1 aliphatic rings. The lowest BCUT2D eigenvalue weighted by Crippen LogP contribution is -2.44. The van der Waals surface area contributed by atoms with Gasteiger partial charge in [0.05, 0.1) is 23.9 Å². The molecule has 0 bridgehead atoms. The maximum absolute atomic E-state index is 14.1. The number of hydrogen-bond donors (Lipinski definition) is 1. The number of nitriles is 1. The molecule has 3 rings (SSSR count). The molecule has 0 unspecified atom stereocenters. The zero-order valence-corrected chi connectivity index (χ0v) is 17.2. The molecule has 2 atom stereocenters. The Labute approximate surface area is 173 Å². The maximum atomic E-state index is 14.1. The molecule has 158 valence electrons. The van der Waals surface area contributed by atoms with Crippen molar-refractivity contribution in [3.63, 3.8) is 0 Å². The first-order valence-electron chi connectivity index (χ1n) is 9.51. The van der Waals surface area contributed by atoms with Gasteiger partial charge >= 0.3 is 0 Å². The Bertz CT molecular complexity index is 1010. The minimum atomic E-state index is -1.10. The van der Waals surface area contributed by atoms with Gasteiger partial charge < -0.3 is 10.2 Å². The van der Waals surface area contributed by atoms with Crippen LogP contribution in [0.2, 0.25) is 0 Å². The molecule has 2 aromatic rings. The first-order chi connectivity index (χ1) is 14.0. The van der Waals surface area contributed by atoms with Crippen LogP contribution in [-0.2, 0) is 11.8 Å². The Balaban J connectivity index is 1.84. The van der Waals surface area contributed by atoms with Gasteiger partial charge in [-0.15, -0.1) is 0 Å². The molecule has 2 amide bonds. The number of aryl methyl sites for hydroxylation is 1. The van der Waals surface area contributed by atoms with Crippen molar-refractivity contribution in [2.45, 2.75) is 38.8 Å². The number of amides is 2. The van der Waals surface area contributed by atoms with Gasteiger partial charge in [-0.2, -0.15) is 10.4 Å². The van der Waals surface area contributed by atoms with Gasteiger partial charge in [-0.1, -0.05) is 0 Å². The van der Waals surface area contributed by atoms with Crippen LogP contribution in [0.25, 0.3) is 0 Å². The maximum Gasteiger partial charge on any atom is 0.257 e. The quantitative estimate of drug-likeness (QED) is 0.831. The minimum Gasteiger partial charge on any atom is -0.351 e. The number of carbonyl (C=O) groups is 2. The molecule has 0 saturated carbocycles. The third-order valence-electron chi connectivity index (χ3n) is 5.14. The van der Waals surface area contributed by atoms with Crippen molar-refractivity contribution in [1.82, 2.24) is 20.0 Å². The monoisotopic (exact) mass is 415 g/mol. The number of rotatable bonds is 4. The second kappa shape index (κ2) is 7.86. The van der Waals surface area contributed by atoms with E-state index in [4.69, 9.17) is 5.26 Å². The zero-order chi connectivity index (χ0) is 22.2. The molecule has 1 aliphatic heterocycles. The number of aromatic nitrogens is 2. The van der Waals surface area contributed by atoms with Gasteiger partial charge in [0.15, 0.2) is 0 Å². The Kier molecular flexibility index (Phi) is 5.61. The number of halogens is 2. The van der Waals surface area contributed by atoms with Gasteiger partial charge in [0.1, 0.15) is 17.2 Å². The van der Waals surface area contributed by atoms with Crippen molar-refractivity contribution >= 4 is 11.8 Å². The molecule has 1 aromatic carbocycles. The lowest BCUT2D eigenvalue weighted by atomic mass is 9.93. The summed E-state index contributed by atoms with van der Waals surface area (Å²) in [6.07, 6.45) is 3.68. The van der Waals surface area contributed by atoms with Crippen LogP contribution in [0.15, 0.2) is 24.5 Å². The highest BCUT2D eigenvalue weighted by Gasteiger charge is 2.46. The molecule has 2 heterocycles.